The van der Waals surface area contributed by atoms with Crippen molar-refractivity contribution in [2.24, 2.45) is 0 Å². The van der Waals surface area contributed by atoms with E-state index in [4.69, 9.17) is 11.6 Å². The van der Waals surface area contributed by atoms with Crippen molar-refractivity contribution in [3.05, 3.63) is 28.8 Å². The summed E-state index contributed by atoms with van der Waals surface area (Å²) in [6.07, 6.45) is 2.33. The topological polar surface area (TPSA) is 24.1 Å². The van der Waals surface area contributed by atoms with Crippen molar-refractivity contribution in [3.8, 4) is 0 Å². The first-order valence-corrected chi connectivity index (χ1v) is 6.31. The van der Waals surface area contributed by atoms with E-state index >= 15 is 0 Å². The van der Waals surface area contributed by atoms with Crippen molar-refractivity contribution in [2.45, 2.75) is 38.8 Å². The molecule has 0 radical (unpaired) electrons. The van der Waals surface area contributed by atoms with Gasteiger partial charge < -0.3 is 10.6 Å². The number of anilines is 1. The number of hydrogen-bond donors (Lipinski definition) is 2. The highest BCUT2D eigenvalue weighted by Crippen LogP contribution is 2.27. The molecule has 0 bridgehead atoms. The molecule has 0 aliphatic carbocycles. The van der Waals surface area contributed by atoms with Gasteiger partial charge in [-0.2, -0.15) is 0 Å². The van der Waals surface area contributed by atoms with E-state index in [9.17, 15) is 0 Å². The van der Waals surface area contributed by atoms with E-state index < -0.39 is 0 Å². The molecule has 0 saturated heterocycles. The fourth-order valence-electron chi connectivity index (χ4n) is 2.05. The van der Waals surface area contributed by atoms with Gasteiger partial charge in [0.1, 0.15) is 0 Å². The van der Waals surface area contributed by atoms with Crippen LogP contribution in [0.4, 0.5) is 5.69 Å². The van der Waals surface area contributed by atoms with E-state index in [1.54, 1.807) is 0 Å². The van der Waals surface area contributed by atoms with E-state index in [1.165, 1.54) is 17.7 Å². The monoisotopic (exact) mass is 238 g/mol. The second-order valence-electron chi connectivity index (χ2n) is 4.74. The lowest BCUT2D eigenvalue weighted by molar-refractivity contribution is 0.516. The van der Waals surface area contributed by atoms with Crippen LogP contribution in [0.3, 0.4) is 0 Å². The van der Waals surface area contributed by atoms with Gasteiger partial charge in [0.15, 0.2) is 0 Å². The highest BCUT2D eigenvalue weighted by molar-refractivity contribution is 6.30. The lowest BCUT2D eigenvalue weighted by atomic mass is 9.98. The Bertz CT molecular complexity index is 363. The van der Waals surface area contributed by atoms with E-state index in [2.05, 4.69) is 30.5 Å². The van der Waals surface area contributed by atoms with Crippen LogP contribution in [0.2, 0.25) is 5.02 Å². The lowest BCUT2D eigenvalue weighted by Gasteiger charge is -2.28. The van der Waals surface area contributed by atoms with Crippen LogP contribution >= 0.6 is 11.6 Å². The first-order valence-electron chi connectivity index (χ1n) is 5.93. The van der Waals surface area contributed by atoms with Gasteiger partial charge in [-0.05, 0) is 30.5 Å². The minimum atomic E-state index is 0.522. The molecule has 0 aromatic heterocycles. The Kier molecular flexibility index (Phi) is 3.72. The molecule has 1 unspecified atom stereocenters. The molecular weight excluding hydrogens is 220 g/mol. The predicted octanol–water partition coefficient (Wildman–Crippen LogP) is 3.06. The summed E-state index contributed by atoms with van der Waals surface area (Å²) in [7, 11) is 0. The first-order chi connectivity index (χ1) is 7.65. The second-order valence-corrected chi connectivity index (χ2v) is 5.18. The van der Waals surface area contributed by atoms with Crippen LogP contribution in [-0.4, -0.2) is 18.6 Å². The molecule has 16 heavy (non-hydrogen) atoms. The van der Waals surface area contributed by atoms with Gasteiger partial charge >= 0.3 is 0 Å². The maximum absolute atomic E-state index is 6.00. The number of hydrogen-bond acceptors (Lipinski definition) is 2. The quantitative estimate of drug-likeness (QED) is 0.846. The summed E-state index contributed by atoms with van der Waals surface area (Å²) in [6, 6.07) is 7.18. The third-order valence-corrected chi connectivity index (χ3v) is 3.20. The molecule has 0 spiro atoms. The van der Waals surface area contributed by atoms with Gasteiger partial charge in [-0.3, -0.25) is 0 Å². The standard InChI is InChI=1S/C13H19ClN2/c1-9(2)15-8-12-6-4-10-3-5-11(14)7-13(10)16-12/h3,5,7,9,12,15-16H,4,6,8H2,1-2H3. The van der Waals surface area contributed by atoms with Crippen LogP contribution in [-0.2, 0) is 6.42 Å². The molecule has 1 aliphatic heterocycles. The number of benzene rings is 1. The normalized spacial score (nSPS) is 19.4. The Morgan fingerprint density at radius 2 is 2.31 bits per heavy atom. The van der Waals surface area contributed by atoms with E-state index in [1.807, 2.05) is 12.1 Å². The van der Waals surface area contributed by atoms with Crippen molar-refractivity contribution in [2.75, 3.05) is 11.9 Å². The molecule has 88 valence electrons. The van der Waals surface area contributed by atoms with E-state index in [0.717, 1.165) is 18.0 Å². The Labute approximate surface area is 102 Å². The number of aryl methyl sites for hydroxylation is 1. The minimum Gasteiger partial charge on any atom is -0.381 e. The van der Waals surface area contributed by atoms with Gasteiger partial charge in [0, 0.05) is 29.3 Å². The Balaban J connectivity index is 1.99. The minimum absolute atomic E-state index is 0.522. The van der Waals surface area contributed by atoms with Crippen LogP contribution in [0.5, 0.6) is 0 Å². The first kappa shape index (κ1) is 11.7. The summed E-state index contributed by atoms with van der Waals surface area (Å²) in [5.74, 6) is 0. The van der Waals surface area contributed by atoms with E-state index in [0.29, 0.717) is 12.1 Å². The van der Waals surface area contributed by atoms with Crippen molar-refractivity contribution in [1.82, 2.24) is 5.32 Å². The molecule has 1 aromatic carbocycles. The SMILES string of the molecule is CC(C)NCC1CCc2ccc(Cl)cc2N1. The number of nitrogens with one attached hydrogen (secondary N) is 2. The van der Waals surface area contributed by atoms with Crippen molar-refractivity contribution in [1.29, 1.82) is 0 Å². The number of halogens is 1. The van der Waals surface area contributed by atoms with Crippen molar-refractivity contribution >= 4 is 17.3 Å². The third-order valence-electron chi connectivity index (χ3n) is 2.97. The average Bonchev–Trinajstić information content (AvgIpc) is 2.25. The number of fused-ring (bicyclic) bond motifs is 1. The molecule has 1 heterocycles. The smallest absolute Gasteiger partial charge is 0.0426 e. The molecule has 0 amide bonds. The Morgan fingerprint density at radius 3 is 3.06 bits per heavy atom. The summed E-state index contributed by atoms with van der Waals surface area (Å²) < 4.78 is 0. The summed E-state index contributed by atoms with van der Waals surface area (Å²) in [5.41, 5.74) is 2.58. The van der Waals surface area contributed by atoms with E-state index in [-0.39, 0.29) is 0 Å². The summed E-state index contributed by atoms with van der Waals surface area (Å²) in [6.45, 7) is 5.37. The fraction of sp³-hybridized carbons (Fsp3) is 0.538. The molecule has 0 fully saturated rings. The fourth-order valence-corrected chi connectivity index (χ4v) is 2.23. The Morgan fingerprint density at radius 1 is 1.50 bits per heavy atom. The second kappa shape index (κ2) is 5.07. The zero-order valence-electron chi connectivity index (χ0n) is 9.89. The summed E-state index contributed by atoms with van der Waals surface area (Å²) >= 11 is 6.00. The molecule has 2 N–H and O–H groups in total. The lowest BCUT2D eigenvalue weighted by Crippen LogP contribution is -2.38. The largest absolute Gasteiger partial charge is 0.381 e. The van der Waals surface area contributed by atoms with Crippen LogP contribution in [0.15, 0.2) is 18.2 Å². The van der Waals surface area contributed by atoms with Crippen molar-refractivity contribution in [3.63, 3.8) is 0 Å². The van der Waals surface area contributed by atoms with Crippen LogP contribution in [0.25, 0.3) is 0 Å². The predicted molar refractivity (Wildman–Crippen MR) is 70.3 cm³/mol. The van der Waals surface area contributed by atoms with Crippen LogP contribution in [0.1, 0.15) is 25.8 Å². The maximum Gasteiger partial charge on any atom is 0.0426 e. The van der Waals surface area contributed by atoms with Gasteiger partial charge in [-0.1, -0.05) is 31.5 Å². The summed E-state index contributed by atoms with van der Waals surface area (Å²) in [5, 5.41) is 7.82. The van der Waals surface area contributed by atoms with Crippen LogP contribution < -0.4 is 10.6 Å². The average molecular weight is 239 g/mol. The van der Waals surface area contributed by atoms with Crippen molar-refractivity contribution < 1.29 is 0 Å². The molecule has 3 heteroatoms. The zero-order chi connectivity index (χ0) is 11.5. The van der Waals surface area contributed by atoms with Gasteiger partial charge in [0.25, 0.3) is 0 Å². The molecular formula is C13H19ClN2. The Hall–Kier alpha value is -0.730. The molecule has 1 atom stereocenters. The molecule has 2 nitrogen and oxygen atoms in total. The highest BCUT2D eigenvalue weighted by atomic mass is 35.5. The van der Waals surface area contributed by atoms with Gasteiger partial charge in [0.2, 0.25) is 0 Å². The molecule has 0 saturated carbocycles. The summed E-state index contributed by atoms with van der Waals surface area (Å²) in [4.78, 5) is 0. The highest BCUT2D eigenvalue weighted by Gasteiger charge is 2.17. The van der Waals surface area contributed by atoms with Crippen LogP contribution in [0, 0.1) is 0 Å². The zero-order valence-corrected chi connectivity index (χ0v) is 10.6. The molecule has 1 aromatic rings. The van der Waals surface area contributed by atoms with Gasteiger partial charge in [-0.25, -0.2) is 0 Å². The molecule has 2 rings (SSSR count). The van der Waals surface area contributed by atoms with Gasteiger partial charge in [-0.15, -0.1) is 0 Å². The maximum atomic E-state index is 6.00. The van der Waals surface area contributed by atoms with Gasteiger partial charge in [0.05, 0.1) is 0 Å². The number of rotatable bonds is 3. The molecule has 1 aliphatic rings. The third kappa shape index (κ3) is 2.89.